The van der Waals surface area contributed by atoms with Crippen LogP contribution < -0.4 is 11.1 Å². The van der Waals surface area contributed by atoms with Gasteiger partial charge < -0.3 is 11.1 Å². The number of carbonyl (C=O) groups excluding carboxylic acids is 1. The van der Waals surface area contributed by atoms with Gasteiger partial charge in [0.15, 0.2) is 0 Å². The summed E-state index contributed by atoms with van der Waals surface area (Å²) in [6, 6.07) is 9.24. The third-order valence-electron chi connectivity index (χ3n) is 2.90. The Labute approximate surface area is 122 Å². The van der Waals surface area contributed by atoms with Crippen LogP contribution in [0.3, 0.4) is 0 Å². The molecular weight excluding hydrogens is 272 g/mol. The molecule has 1 aromatic heterocycles. The molecule has 1 aromatic carbocycles. The highest BCUT2D eigenvalue weighted by Crippen LogP contribution is 2.18. The van der Waals surface area contributed by atoms with E-state index < -0.39 is 5.92 Å². The van der Waals surface area contributed by atoms with Crippen LogP contribution in [0.5, 0.6) is 0 Å². The van der Waals surface area contributed by atoms with Crippen molar-refractivity contribution in [2.24, 2.45) is 5.73 Å². The van der Waals surface area contributed by atoms with E-state index in [1.807, 2.05) is 37.3 Å². The van der Waals surface area contributed by atoms with Gasteiger partial charge in [-0.15, -0.1) is 0 Å². The molecule has 1 amide bonds. The van der Waals surface area contributed by atoms with Crippen LogP contribution in [0.25, 0.3) is 0 Å². The number of nitrogens with one attached hydrogen (secondary N) is 1. The van der Waals surface area contributed by atoms with Gasteiger partial charge in [0.2, 0.25) is 5.91 Å². The van der Waals surface area contributed by atoms with Crippen molar-refractivity contribution in [2.75, 3.05) is 5.32 Å². The summed E-state index contributed by atoms with van der Waals surface area (Å²) in [7, 11) is 0. The van der Waals surface area contributed by atoms with Crippen molar-refractivity contribution in [2.45, 2.75) is 19.4 Å². The Balaban J connectivity index is 2.18. The van der Waals surface area contributed by atoms with Crippen molar-refractivity contribution in [3.05, 3.63) is 48.3 Å². The van der Waals surface area contributed by atoms with Gasteiger partial charge in [-0.1, -0.05) is 42.5 Å². The lowest BCUT2D eigenvalue weighted by Gasteiger charge is -2.15. The number of hydrogen-bond donors (Lipinski definition) is 2. The van der Waals surface area contributed by atoms with E-state index in [4.69, 9.17) is 18.0 Å². The summed E-state index contributed by atoms with van der Waals surface area (Å²) in [4.78, 5) is 12.5. The molecule has 0 aliphatic carbocycles. The van der Waals surface area contributed by atoms with Crippen molar-refractivity contribution in [3.63, 3.8) is 0 Å². The molecule has 2 aromatic rings. The molecule has 0 spiro atoms. The molecule has 2 rings (SSSR count). The van der Waals surface area contributed by atoms with Crippen LogP contribution in [0.2, 0.25) is 0 Å². The Morgan fingerprint density at radius 1 is 1.45 bits per heavy atom. The van der Waals surface area contributed by atoms with Gasteiger partial charge in [-0.25, -0.2) is 0 Å². The van der Waals surface area contributed by atoms with E-state index in [1.165, 1.54) is 0 Å². The van der Waals surface area contributed by atoms with Crippen molar-refractivity contribution in [1.82, 2.24) is 9.78 Å². The van der Waals surface area contributed by atoms with E-state index in [1.54, 1.807) is 17.1 Å². The van der Waals surface area contributed by atoms with Crippen LogP contribution in [0, 0.1) is 0 Å². The number of benzene rings is 1. The Bertz CT molecular complexity index is 609. The van der Waals surface area contributed by atoms with Crippen molar-refractivity contribution in [1.29, 1.82) is 0 Å². The number of aryl methyl sites for hydroxylation is 1. The number of amides is 1. The monoisotopic (exact) mass is 288 g/mol. The van der Waals surface area contributed by atoms with Crippen LogP contribution in [0.15, 0.2) is 42.7 Å². The van der Waals surface area contributed by atoms with Crippen LogP contribution in [-0.4, -0.2) is 20.7 Å². The van der Waals surface area contributed by atoms with E-state index in [9.17, 15) is 4.79 Å². The molecule has 0 fully saturated rings. The van der Waals surface area contributed by atoms with Gasteiger partial charge in [0.25, 0.3) is 0 Å². The van der Waals surface area contributed by atoms with E-state index >= 15 is 0 Å². The fraction of sp³-hybridized carbons (Fsp3) is 0.214. The maximum absolute atomic E-state index is 12.3. The fourth-order valence-corrected chi connectivity index (χ4v) is 2.15. The lowest BCUT2D eigenvalue weighted by atomic mass is 9.98. The number of aromatic nitrogens is 2. The summed E-state index contributed by atoms with van der Waals surface area (Å²) < 4.78 is 1.73. The van der Waals surface area contributed by atoms with Gasteiger partial charge >= 0.3 is 0 Å². The minimum Gasteiger partial charge on any atom is -0.392 e. The van der Waals surface area contributed by atoms with E-state index in [-0.39, 0.29) is 10.9 Å². The molecule has 104 valence electrons. The third kappa shape index (κ3) is 3.21. The standard InChI is InChI=1S/C14H16N4OS/c1-2-18-9-11(8-16-18)17-14(19)12(13(15)20)10-6-4-3-5-7-10/h3-9,12H,2H2,1H3,(H2,15,20)(H,17,19). The quantitative estimate of drug-likeness (QED) is 0.824. The molecular formula is C14H16N4OS. The van der Waals surface area contributed by atoms with Crippen molar-refractivity contribution >= 4 is 28.8 Å². The Morgan fingerprint density at radius 3 is 2.70 bits per heavy atom. The molecule has 1 heterocycles. The zero-order chi connectivity index (χ0) is 14.5. The van der Waals surface area contributed by atoms with E-state index in [2.05, 4.69) is 10.4 Å². The molecule has 0 bridgehead atoms. The number of anilines is 1. The topological polar surface area (TPSA) is 72.9 Å². The highest BCUT2D eigenvalue weighted by atomic mass is 32.1. The lowest BCUT2D eigenvalue weighted by molar-refractivity contribution is -0.116. The Morgan fingerprint density at radius 2 is 2.15 bits per heavy atom. The fourth-order valence-electron chi connectivity index (χ4n) is 1.91. The maximum Gasteiger partial charge on any atom is 0.238 e. The second-order valence-corrected chi connectivity index (χ2v) is 4.79. The predicted molar refractivity (Wildman–Crippen MR) is 82.5 cm³/mol. The first kappa shape index (κ1) is 14.2. The summed E-state index contributed by atoms with van der Waals surface area (Å²) in [5.41, 5.74) is 7.12. The highest BCUT2D eigenvalue weighted by molar-refractivity contribution is 7.80. The molecule has 1 atom stereocenters. The smallest absolute Gasteiger partial charge is 0.238 e. The molecule has 0 radical (unpaired) electrons. The summed E-state index contributed by atoms with van der Waals surface area (Å²) in [5, 5.41) is 6.89. The molecule has 0 aliphatic heterocycles. The molecule has 6 heteroatoms. The SMILES string of the molecule is CCn1cc(NC(=O)C(C(N)=S)c2ccccc2)cn1. The van der Waals surface area contributed by atoms with Crippen molar-refractivity contribution in [3.8, 4) is 0 Å². The van der Waals surface area contributed by atoms with Gasteiger partial charge in [-0.2, -0.15) is 5.10 Å². The minimum absolute atomic E-state index is 0.150. The minimum atomic E-state index is -0.642. The number of carbonyl (C=O) groups is 1. The zero-order valence-electron chi connectivity index (χ0n) is 11.1. The predicted octanol–water partition coefficient (Wildman–Crippen LogP) is 1.91. The lowest BCUT2D eigenvalue weighted by Crippen LogP contribution is -2.31. The molecule has 1 unspecified atom stereocenters. The molecule has 0 aliphatic rings. The van der Waals surface area contributed by atoms with Gasteiger partial charge in [0.05, 0.1) is 16.9 Å². The first-order chi connectivity index (χ1) is 9.61. The molecule has 20 heavy (non-hydrogen) atoms. The average molecular weight is 288 g/mol. The first-order valence-corrected chi connectivity index (χ1v) is 6.70. The number of nitrogens with zero attached hydrogens (tertiary/aromatic N) is 2. The van der Waals surface area contributed by atoms with Crippen LogP contribution in [0.1, 0.15) is 18.4 Å². The third-order valence-corrected chi connectivity index (χ3v) is 3.14. The van der Waals surface area contributed by atoms with Gasteiger partial charge in [0, 0.05) is 12.7 Å². The summed E-state index contributed by atoms with van der Waals surface area (Å²) in [6.45, 7) is 2.72. The van der Waals surface area contributed by atoms with Crippen LogP contribution >= 0.6 is 12.2 Å². The van der Waals surface area contributed by atoms with Gasteiger partial charge in [0.1, 0.15) is 5.92 Å². The molecule has 0 saturated heterocycles. The number of thiocarbonyl (C=S) groups is 1. The van der Waals surface area contributed by atoms with Crippen LogP contribution in [0.4, 0.5) is 5.69 Å². The highest BCUT2D eigenvalue weighted by Gasteiger charge is 2.23. The normalized spacial score (nSPS) is 11.8. The van der Waals surface area contributed by atoms with Gasteiger partial charge in [-0.05, 0) is 12.5 Å². The maximum atomic E-state index is 12.3. The largest absolute Gasteiger partial charge is 0.392 e. The van der Waals surface area contributed by atoms with Crippen LogP contribution in [-0.2, 0) is 11.3 Å². The first-order valence-electron chi connectivity index (χ1n) is 6.29. The second kappa shape index (κ2) is 6.29. The molecule has 5 nitrogen and oxygen atoms in total. The summed E-state index contributed by atoms with van der Waals surface area (Å²) in [6.07, 6.45) is 3.36. The molecule has 0 saturated carbocycles. The number of nitrogens with two attached hydrogens (primary N) is 1. The average Bonchev–Trinajstić information content (AvgIpc) is 2.87. The number of rotatable bonds is 5. The molecule has 3 N–H and O–H groups in total. The summed E-state index contributed by atoms with van der Waals surface area (Å²) in [5.74, 6) is -0.893. The van der Waals surface area contributed by atoms with Gasteiger partial charge in [-0.3, -0.25) is 9.48 Å². The second-order valence-electron chi connectivity index (χ2n) is 4.32. The van der Waals surface area contributed by atoms with Crippen molar-refractivity contribution < 1.29 is 4.79 Å². The Kier molecular flexibility index (Phi) is 4.47. The Hall–Kier alpha value is -2.21. The van der Waals surface area contributed by atoms with E-state index in [0.29, 0.717) is 5.69 Å². The van der Waals surface area contributed by atoms with E-state index in [0.717, 1.165) is 12.1 Å². The zero-order valence-corrected chi connectivity index (χ0v) is 11.9. The number of hydrogen-bond acceptors (Lipinski definition) is 3. The summed E-state index contributed by atoms with van der Waals surface area (Å²) >= 11 is 5.02.